The van der Waals surface area contributed by atoms with Crippen molar-refractivity contribution < 1.29 is 18.7 Å². The SMILES string of the molecule is CN1CCN([C@@H]2C[C@@H]3CN(C(=O)CCc4ccc(F)c(F)c4)C[C@@H]3C[C@H]2O)CC1. The average Bonchev–Trinajstić information content (AvgIpc) is 3.11. The molecule has 0 unspecified atom stereocenters. The molecule has 1 saturated carbocycles. The van der Waals surface area contributed by atoms with Crippen LogP contribution < -0.4 is 0 Å². The number of aliphatic hydroxyl groups is 1. The lowest BCUT2D eigenvalue weighted by molar-refractivity contribution is -0.130. The zero-order valence-electron chi connectivity index (χ0n) is 17.1. The number of fused-ring (bicyclic) bond motifs is 1. The average molecular weight is 408 g/mol. The zero-order chi connectivity index (χ0) is 20.5. The molecule has 1 aromatic rings. The summed E-state index contributed by atoms with van der Waals surface area (Å²) >= 11 is 0. The van der Waals surface area contributed by atoms with Crippen molar-refractivity contribution in [1.82, 2.24) is 14.7 Å². The van der Waals surface area contributed by atoms with E-state index in [9.17, 15) is 18.7 Å². The Bertz CT molecular complexity index is 739. The second-order valence-corrected chi connectivity index (χ2v) is 9.01. The number of likely N-dealkylation sites (N-methyl/N-ethyl adjacent to an activating group) is 1. The van der Waals surface area contributed by atoms with Gasteiger partial charge in [0.1, 0.15) is 0 Å². The first kappa shape index (κ1) is 20.7. The number of carbonyl (C=O) groups is 1. The molecular formula is C22H31F2N3O2. The van der Waals surface area contributed by atoms with Gasteiger partial charge in [-0.05, 0) is 55.8 Å². The number of carbonyl (C=O) groups excluding carboxylic acids is 1. The Hall–Kier alpha value is -1.57. The van der Waals surface area contributed by atoms with E-state index >= 15 is 0 Å². The Kier molecular flexibility index (Phi) is 6.18. The van der Waals surface area contributed by atoms with Gasteiger partial charge in [0.2, 0.25) is 5.91 Å². The monoisotopic (exact) mass is 407 g/mol. The van der Waals surface area contributed by atoms with E-state index in [2.05, 4.69) is 16.8 Å². The summed E-state index contributed by atoms with van der Waals surface area (Å²) in [7, 11) is 2.13. The van der Waals surface area contributed by atoms with Crippen molar-refractivity contribution >= 4 is 5.91 Å². The highest BCUT2D eigenvalue weighted by Crippen LogP contribution is 2.38. The molecule has 160 valence electrons. The summed E-state index contributed by atoms with van der Waals surface area (Å²) in [6, 6.07) is 4.01. The van der Waals surface area contributed by atoms with Crippen LogP contribution >= 0.6 is 0 Å². The van der Waals surface area contributed by atoms with E-state index in [1.54, 1.807) is 0 Å². The van der Waals surface area contributed by atoms with Gasteiger partial charge in [-0.15, -0.1) is 0 Å². The van der Waals surface area contributed by atoms with Gasteiger partial charge in [0.15, 0.2) is 11.6 Å². The summed E-state index contributed by atoms with van der Waals surface area (Å²) in [6.07, 6.45) is 2.09. The number of benzene rings is 1. The fourth-order valence-electron chi connectivity index (χ4n) is 5.26. The minimum absolute atomic E-state index is 0.0646. The van der Waals surface area contributed by atoms with Crippen LogP contribution in [0.1, 0.15) is 24.8 Å². The largest absolute Gasteiger partial charge is 0.391 e. The molecule has 0 aromatic heterocycles. The zero-order valence-corrected chi connectivity index (χ0v) is 17.1. The van der Waals surface area contributed by atoms with Gasteiger partial charge in [-0.2, -0.15) is 0 Å². The first-order valence-corrected chi connectivity index (χ1v) is 10.7. The number of hydrogen-bond acceptors (Lipinski definition) is 4. The van der Waals surface area contributed by atoms with Crippen molar-refractivity contribution in [3.05, 3.63) is 35.4 Å². The van der Waals surface area contributed by atoms with Gasteiger partial charge in [0, 0.05) is 51.7 Å². The van der Waals surface area contributed by atoms with Crippen LogP contribution in [0.3, 0.4) is 0 Å². The Balaban J connectivity index is 1.30. The second-order valence-electron chi connectivity index (χ2n) is 9.01. The first-order chi connectivity index (χ1) is 13.9. The van der Waals surface area contributed by atoms with Gasteiger partial charge < -0.3 is 14.9 Å². The van der Waals surface area contributed by atoms with E-state index in [1.165, 1.54) is 12.1 Å². The Morgan fingerprint density at radius 1 is 1.07 bits per heavy atom. The standard InChI is InChI=1S/C22H31F2N3O2/c1-25-6-8-26(9-7-25)20-11-16-13-27(14-17(16)12-21(20)28)22(29)5-3-15-2-4-18(23)19(24)10-15/h2,4,10,16-17,20-21,28H,3,5-9,11-14H2,1H3/t16-,17+,20-,21-/m1/s1. The van der Waals surface area contributed by atoms with E-state index in [1.807, 2.05) is 4.90 Å². The molecular weight excluding hydrogens is 376 g/mol. The Morgan fingerprint density at radius 2 is 1.76 bits per heavy atom. The number of piperazine rings is 1. The predicted molar refractivity (Wildman–Crippen MR) is 106 cm³/mol. The maximum atomic E-state index is 13.4. The smallest absolute Gasteiger partial charge is 0.222 e. The summed E-state index contributed by atoms with van der Waals surface area (Å²) in [6.45, 7) is 5.50. The van der Waals surface area contributed by atoms with Crippen LogP contribution in [0, 0.1) is 23.5 Å². The number of rotatable bonds is 4. The lowest BCUT2D eigenvalue weighted by atomic mass is 9.77. The molecule has 0 bridgehead atoms. The minimum Gasteiger partial charge on any atom is -0.391 e. The third kappa shape index (κ3) is 4.62. The molecule has 1 aliphatic carbocycles. The molecule has 1 aromatic carbocycles. The predicted octanol–water partition coefficient (Wildman–Crippen LogP) is 1.74. The number of aliphatic hydroxyl groups excluding tert-OH is 1. The highest BCUT2D eigenvalue weighted by molar-refractivity contribution is 5.76. The van der Waals surface area contributed by atoms with Crippen molar-refractivity contribution in [2.75, 3.05) is 46.3 Å². The number of likely N-dealkylation sites (tertiary alicyclic amines) is 1. The molecule has 3 fully saturated rings. The van der Waals surface area contributed by atoms with Gasteiger partial charge >= 0.3 is 0 Å². The highest BCUT2D eigenvalue weighted by Gasteiger charge is 2.44. The molecule has 5 nitrogen and oxygen atoms in total. The topological polar surface area (TPSA) is 47.0 Å². The molecule has 2 heterocycles. The lowest BCUT2D eigenvalue weighted by Crippen LogP contribution is -2.55. The van der Waals surface area contributed by atoms with Crippen LogP contribution in [0.5, 0.6) is 0 Å². The van der Waals surface area contributed by atoms with Crippen LogP contribution in [-0.2, 0) is 11.2 Å². The molecule has 2 saturated heterocycles. The summed E-state index contributed by atoms with van der Waals surface area (Å²) < 4.78 is 26.4. The van der Waals surface area contributed by atoms with Crippen molar-refractivity contribution in [2.24, 2.45) is 11.8 Å². The van der Waals surface area contributed by atoms with E-state index in [0.29, 0.717) is 36.8 Å². The van der Waals surface area contributed by atoms with Gasteiger partial charge in [0.05, 0.1) is 6.10 Å². The molecule has 29 heavy (non-hydrogen) atoms. The molecule has 4 rings (SSSR count). The van der Waals surface area contributed by atoms with E-state index < -0.39 is 11.6 Å². The van der Waals surface area contributed by atoms with Gasteiger partial charge in [-0.1, -0.05) is 6.07 Å². The van der Waals surface area contributed by atoms with E-state index in [4.69, 9.17) is 0 Å². The third-order valence-corrected chi connectivity index (χ3v) is 7.08. The van der Waals surface area contributed by atoms with Crippen LogP contribution in [0.4, 0.5) is 8.78 Å². The van der Waals surface area contributed by atoms with Crippen molar-refractivity contribution in [3.8, 4) is 0 Å². The fraction of sp³-hybridized carbons (Fsp3) is 0.682. The number of amides is 1. The van der Waals surface area contributed by atoms with E-state index in [0.717, 1.165) is 51.6 Å². The quantitative estimate of drug-likeness (QED) is 0.826. The Labute approximate surface area is 171 Å². The number of nitrogens with zero attached hydrogens (tertiary/aromatic N) is 3. The molecule has 3 aliphatic rings. The van der Waals surface area contributed by atoms with Crippen LogP contribution in [0.2, 0.25) is 0 Å². The van der Waals surface area contributed by atoms with Crippen LogP contribution in [0.25, 0.3) is 0 Å². The fourth-order valence-corrected chi connectivity index (χ4v) is 5.26. The van der Waals surface area contributed by atoms with Crippen LogP contribution in [0.15, 0.2) is 18.2 Å². The third-order valence-electron chi connectivity index (χ3n) is 7.08. The molecule has 2 aliphatic heterocycles. The van der Waals surface area contributed by atoms with Crippen molar-refractivity contribution in [2.45, 2.75) is 37.8 Å². The van der Waals surface area contributed by atoms with Gasteiger partial charge in [-0.3, -0.25) is 9.69 Å². The number of halogens is 2. The highest BCUT2D eigenvalue weighted by atomic mass is 19.2. The lowest BCUT2D eigenvalue weighted by Gasteiger charge is -2.44. The Morgan fingerprint density at radius 3 is 2.45 bits per heavy atom. The molecule has 0 spiro atoms. The van der Waals surface area contributed by atoms with Crippen molar-refractivity contribution in [3.63, 3.8) is 0 Å². The number of aryl methyl sites for hydroxylation is 1. The molecule has 1 amide bonds. The molecule has 7 heteroatoms. The van der Waals surface area contributed by atoms with Crippen molar-refractivity contribution in [1.29, 1.82) is 0 Å². The summed E-state index contributed by atoms with van der Waals surface area (Å²) in [5, 5.41) is 10.7. The van der Waals surface area contributed by atoms with Gasteiger partial charge in [-0.25, -0.2) is 8.78 Å². The first-order valence-electron chi connectivity index (χ1n) is 10.7. The normalized spacial score (nSPS) is 31.1. The van der Waals surface area contributed by atoms with Gasteiger partial charge in [0.25, 0.3) is 0 Å². The van der Waals surface area contributed by atoms with E-state index in [-0.39, 0.29) is 18.1 Å². The second kappa shape index (κ2) is 8.66. The number of hydrogen-bond donors (Lipinski definition) is 1. The molecule has 4 atom stereocenters. The maximum Gasteiger partial charge on any atom is 0.222 e. The van der Waals surface area contributed by atoms with Crippen LogP contribution in [-0.4, -0.2) is 84.2 Å². The minimum atomic E-state index is -0.869. The summed E-state index contributed by atoms with van der Waals surface area (Å²) in [5.74, 6) is -0.866. The summed E-state index contributed by atoms with van der Waals surface area (Å²) in [4.78, 5) is 19.3. The molecule has 0 radical (unpaired) electrons. The maximum absolute atomic E-state index is 13.4. The summed E-state index contributed by atoms with van der Waals surface area (Å²) in [5.41, 5.74) is 0.638. The molecule has 1 N–H and O–H groups in total.